The summed E-state index contributed by atoms with van der Waals surface area (Å²) in [5, 5.41) is 11.0. The van der Waals surface area contributed by atoms with Gasteiger partial charge in [0.2, 0.25) is 0 Å². The number of thiazole rings is 1. The zero-order chi connectivity index (χ0) is 22.5. The SMILES string of the molecule is c1cc(-c2nc(N3CCNCC3)c3c(C4CC4)cncc3n2)cc(Nc2nc(C3CC3)cs2)n1. The first-order chi connectivity index (χ1) is 16.8. The second-order valence-corrected chi connectivity index (χ2v) is 10.3. The number of anilines is 3. The van der Waals surface area contributed by atoms with E-state index >= 15 is 0 Å². The van der Waals surface area contributed by atoms with Crippen LogP contribution in [0.15, 0.2) is 36.1 Å². The van der Waals surface area contributed by atoms with Crippen molar-refractivity contribution < 1.29 is 0 Å². The number of piperazine rings is 1. The second kappa shape index (κ2) is 8.25. The lowest BCUT2D eigenvalue weighted by atomic mass is 10.1. The van der Waals surface area contributed by atoms with Crippen LogP contribution in [0.2, 0.25) is 0 Å². The molecule has 0 atom stereocenters. The molecule has 8 nitrogen and oxygen atoms in total. The molecule has 34 heavy (non-hydrogen) atoms. The fourth-order valence-corrected chi connectivity index (χ4v) is 5.48. The molecule has 2 aliphatic carbocycles. The Kier molecular flexibility index (Phi) is 4.91. The van der Waals surface area contributed by atoms with Gasteiger partial charge in [0.15, 0.2) is 11.0 Å². The van der Waals surface area contributed by atoms with Gasteiger partial charge in [-0.1, -0.05) is 0 Å². The Morgan fingerprint density at radius 1 is 1.00 bits per heavy atom. The first kappa shape index (κ1) is 20.2. The van der Waals surface area contributed by atoms with E-state index in [-0.39, 0.29) is 0 Å². The fraction of sp³-hybridized carbons (Fsp3) is 0.400. The van der Waals surface area contributed by atoms with Crippen molar-refractivity contribution in [1.82, 2.24) is 30.2 Å². The lowest BCUT2D eigenvalue weighted by Gasteiger charge is -2.30. The first-order valence-corrected chi connectivity index (χ1v) is 13.0. The third-order valence-corrected chi connectivity index (χ3v) is 7.60. The molecule has 3 fully saturated rings. The number of pyridine rings is 2. The van der Waals surface area contributed by atoms with Crippen molar-refractivity contribution in [3.63, 3.8) is 0 Å². The molecule has 0 bridgehead atoms. The molecule has 0 radical (unpaired) electrons. The molecule has 5 heterocycles. The fourth-order valence-electron chi connectivity index (χ4n) is 4.69. The molecule has 1 saturated heterocycles. The highest BCUT2D eigenvalue weighted by Crippen LogP contribution is 2.45. The molecule has 3 aliphatic rings. The normalized spacial score (nSPS) is 18.4. The van der Waals surface area contributed by atoms with E-state index in [1.807, 2.05) is 30.7 Å². The largest absolute Gasteiger partial charge is 0.353 e. The van der Waals surface area contributed by atoms with Crippen LogP contribution in [0.4, 0.5) is 16.8 Å². The number of nitrogens with one attached hydrogen (secondary N) is 2. The van der Waals surface area contributed by atoms with E-state index in [0.29, 0.717) is 17.7 Å². The first-order valence-electron chi connectivity index (χ1n) is 12.1. The van der Waals surface area contributed by atoms with Crippen molar-refractivity contribution in [2.24, 2.45) is 0 Å². The minimum atomic E-state index is 0.586. The number of hydrogen-bond acceptors (Lipinski definition) is 9. The summed E-state index contributed by atoms with van der Waals surface area (Å²) < 4.78 is 0. The van der Waals surface area contributed by atoms with Gasteiger partial charge in [-0.2, -0.15) is 0 Å². The van der Waals surface area contributed by atoms with Gasteiger partial charge in [0.05, 0.1) is 17.4 Å². The second-order valence-electron chi connectivity index (χ2n) is 9.41. The van der Waals surface area contributed by atoms with Crippen LogP contribution in [0, 0.1) is 0 Å². The molecule has 4 aromatic rings. The van der Waals surface area contributed by atoms with Gasteiger partial charge in [0.1, 0.15) is 11.6 Å². The van der Waals surface area contributed by atoms with Crippen molar-refractivity contribution in [1.29, 1.82) is 0 Å². The van der Waals surface area contributed by atoms with Crippen LogP contribution < -0.4 is 15.5 Å². The minimum Gasteiger partial charge on any atom is -0.353 e. The average molecular weight is 471 g/mol. The van der Waals surface area contributed by atoms with Crippen LogP contribution >= 0.6 is 11.3 Å². The smallest absolute Gasteiger partial charge is 0.188 e. The summed E-state index contributed by atoms with van der Waals surface area (Å²) in [5.41, 5.74) is 4.35. The van der Waals surface area contributed by atoms with Crippen LogP contribution in [0.5, 0.6) is 0 Å². The van der Waals surface area contributed by atoms with Crippen LogP contribution in [-0.4, -0.2) is 51.1 Å². The number of rotatable bonds is 6. The van der Waals surface area contributed by atoms with Crippen molar-refractivity contribution in [2.45, 2.75) is 37.5 Å². The van der Waals surface area contributed by atoms with Gasteiger partial charge in [-0.15, -0.1) is 11.3 Å². The van der Waals surface area contributed by atoms with Crippen molar-refractivity contribution in [3.8, 4) is 11.4 Å². The zero-order valence-electron chi connectivity index (χ0n) is 18.9. The molecule has 4 aromatic heterocycles. The molecule has 9 heteroatoms. The Morgan fingerprint density at radius 2 is 1.85 bits per heavy atom. The Labute approximate surface area is 201 Å². The lowest BCUT2D eigenvalue weighted by Crippen LogP contribution is -2.44. The molecule has 0 spiro atoms. The number of aromatic nitrogens is 5. The summed E-state index contributed by atoms with van der Waals surface area (Å²) in [6, 6.07) is 3.99. The predicted octanol–water partition coefficient (Wildman–Crippen LogP) is 4.45. The van der Waals surface area contributed by atoms with Gasteiger partial charge < -0.3 is 15.5 Å². The van der Waals surface area contributed by atoms with E-state index in [4.69, 9.17) is 15.0 Å². The Morgan fingerprint density at radius 3 is 2.68 bits per heavy atom. The third-order valence-electron chi connectivity index (χ3n) is 6.82. The van der Waals surface area contributed by atoms with Crippen molar-refractivity contribution in [3.05, 3.63) is 47.4 Å². The summed E-state index contributed by atoms with van der Waals surface area (Å²) in [6.45, 7) is 3.80. The highest BCUT2D eigenvalue weighted by atomic mass is 32.1. The number of hydrogen-bond donors (Lipinski definition) is 2. The Hall–Kier alpha value is -3.17. The molecule has 7 rings (SSSR count). The zero-order valence-corrected chi connectivity index (χ0v) is 19.7. The molecule has 0 unspecified atom stereocenters. The van der Waals surface area contributed by atoms with Crippen molar-refractivity contribution in [2.75, 3.05) is 36.4 Å². The molecule has 2 saturated carbocycles. The Bertz CT molecular complexity index is 1350. The molecule has 1 aliphatic heterocycles. The van der Waals surface area contributed by atoms with E-state index in [0.717, 1.165) is 54.0 Å². The van der Waals surface area contributed by atoms with Gasteiger partial charge in [-0.05, 0) is 49.3 Å². The number of fused-ring (bicyclic) bond motifs is 1. The number of nitrogens with zero attached hydrogens (tertiary/aromatic N) is 6. The van der Waals surface area contributed by atoms with E-state index < -0.39 is 0 Å². The summed E-state index contributed by atoms with van der Waals surface area (Å²) in [4.78, 5) is 26.3. The summed E-state index contributed by atoms with van der Waals surface area (Å²) in [5.74, 6) is 3.73. The standard InChI is InChI=1S/C25H26N8S/c1-2-15(1)18-12-27-13-19-22(18)24(33-9-7-26-8-10-33)32-23(29-19)17-5-6-28-21(11-17)31-25-30-20(14-34-25)16-3-4-16/h5-6,11-16,26H,1-4,7-10H2,(H,28,30,31). The summed E-state index contributed by atoms with van der Waals surface area (Å²) in [7, 11) is 0. The minimum absolute atomic E-state index is 0.586. The maximum Gasteiger partial charge on any atom is 0.188 e. The van der Waals surface area contributed by atoms with E-state index in [1.165, 1.54) is 42.3 Å². The molecule has 172 valence electrons. The van der Waals surface area contributed by atoms with Gasteiger partial charge in [-0.3, -0.25) is 4.98 Å². The average Bonchev–Trinajstić information content (AvgIpc) is 3.82. The van der Waals surface area contributed by atoms with Crippen LogP contribution in [-0.2, 0) is 0 Å². The van der Waals surface area contributed by atoms with Gasteiger partial charge in [-0.25, -0.2) is 19.9 Å². The molecular weight excluding hydrogens is 444 g/mol. The lowest BCUT2D eigenvalue weighted by molar-refractivity contribution is 0.586. The topological polar surface area (TPSA) is 91.8 Å². The third kappa shape index (κ3) is 3.88. The molecule has 0 amide bonds. The summed E-state index contributed by atoms with van der Waals surface area (Å²) in [6.07, 6.45) is 10.7. The van der Waals surface area contributed by atoms with E-state index in [1.54, 1.807) is 11.3 Å². The van der Waals surface area contributed by atoms with Gasteiger partial charge in [0, 0.05) is 60.8 Å². The maximum atomic E-state index is 5.14. The molecular formula is C25H26N8S. The monoisotopic (exact) mass is 470 g/mol. The highest BCUT2D eigenvalue weighted by Gasteiger charge is 2.29. The van der Waals surface area contributed by atoms with Gasteiger partial charge in [0.25, 0.3) is 0 Å². The van der Waals surface area contributed by atoms with Crippen LogP contribution in [0.3, 0.4) is 0 Å². The van der Waals surface area contributed by atoms with Gasteiger partial charge >= 0.3 is 0 Å². The summed E-state index contributed by atoms with van der Waals surface area (Å²) >= 11 is 1.63. The highest BCUT2D eigenvalue weighted by molar-refractivity contribution is 7.13. The Balaban J connectivity index is 1.28. The molecule has 0 aromatic carbocycles. The molecule has 2 N–H and O–H groups in total. The quantitative estimate of drug-likeness (QED) is 0.427. The van der Waals surface area contributed by atoms with E-state index in [2.05, 4.69) is 30.9 Å². The van der Waals surface area contributed by atoms with Crippen LogP contribution in [0.25, 0.3) is 22.3 Å². The predicted molar refractivity (Wildman–Crippen MR) is 135 cm³/mol. The maximum absolute atomic E-state index is 5.14. The van der Waals surface area contributed by atoms with E-state index in [9.17, 15) is 0 Å². The van der Waals surface area contributed by atoms with Crippen molar-refractivity contribution >= 4 is 39.0 Å². The van der Waals surface area contributed by atoms with Crippen LogP contribution in [0.1, 0.15) is 48.8 Å².